The first-order chi connectivity index (χ1) is 11.6. The van der Waals surface area contributed by atoms with E-state index < -0.39 is 0 Å². The lowest BCUT2D eigenvalue weighted by Crippen LogP contribution is -2.35. The van der Waals surface area contributed by atoms with E-state index in [4.69, 9.17) is 0 Å². The molecule has 0 spiro atoms. The van der Waals surface area contributed by atoms with Gasteiger partial charge in [0.2, 0.25) is 5.91 Å². The number of imidazole rings is 1. The van der Waals surface area contributed by atoms with Gasteiger partial charge in [-0.2, -0.15) is 5.10 Å². The molecular weight excluding hydrogens is 306 g/mol. The summed E-state index contributed by atoms with van der Waals surface area (Å²) in [7, 11) is 0. The van der Waals surface area contributed by atoms with E-state index in [1.807, 2.05) is 32.0 Å². The summed E-state index contributed by atoms with van der Waals surface area (Å²) in [5, 5.41) is 8.42. The summed E-state index contributed by atoms with van der Waals surface area (Å²) >= 11 is 0. The molecule has 0 fully saturated rings. The standard InChI is InChI=1S/C17H19N5O2/c1-12(21-9-7-18-13(21)2)16(23)19-8-10-22-17(24)15-6-4-3-5-14(15)11-20-22/h3-7,9,11-12H,8,10H2,1-2H3,(H,19,23). The van der Waals surface area contributed by atoms with E-state index in [0.29, 0.717) is 18.5 Å². The number of amides is 1. The molecule has 0 aliphatic carbocycles. The van der Waals surface area contributed by atoms with Crippen molar-refractivity contribution >= 4 is 16.7 Å². The molecule has 1 aromatic carbocycles. The van der Waals surface area contributed by atoms with Gasteiger partial charge in [-0.3, -0.25) is 9.59 Å². The third kappa shape index (κ3) is 3.05. The fourth-order valence-corrected chi connectivity index (χ4v) is 2.64. The topological polar surface area (TPSA) is 81.8 Å². The summed E-state index contributed by atoms with van der Waals surface area (Å²) in [5.74, 6) is 0.662. The van der Waals surface area contributed by atoms with Crippen molar-refractivity contribution in [2.24, 2.45) is 0 Å². The number of aryl methyl sites for hydroxylation is 1. The molecule has 3 aromatic rings. The summed E-state index contributed by atoms with van der Waals surface area (Å²) in [6.07, 6.45) is 5.10. The Morgan fingerprint density at radius 2 is 2.12 bits per heavy atom. The number of carbonyl (C=O) groups is 1. The average Bonchev–Trinajstić information content (AvgIpc) is 3.02. The second kappa shape index (κ2) is 6.66. The summed E-state index contributed by atoms with van der Waals surface area (Å²) in [6.45, 7) is 4.32. The molecule has 1 N–H and O–H groups in total. The van der Waals surface area contributed by atoms with Gasteiger partial charge in [0, 0.05) is 24.3 Å². The van der Waals surface area contributed by atoms with Crippen LogP contribution in [0.15, 0.2) is 47.7 Å². The fourth-order valence-electron chi connectivity index (χ4n) is 2.64. The van der Waals surface area contributed by atoms with Crippen LogP contribution in [0, 0.1) is 6.92 Å². The Balaban J connectivity index is 1.64. The third-order valence-corrected chi connectivity index (χ3v) is 4.04. The molecule has 0 aliphatic heterocycles. The first-order valence-corrected chi connectivity index (χ1v) is 7.80. The smallest absolute Gasteiger partial charge is 0.274 e. The van der Waals surface area contributed by atoms with Crippen LogP contribution in [-0.2, 0) is 11.3 Å². The van der Waals surface area contributed by atoms with E-state index in [2.05, 4.69) is 15.4 Å². The molecule has 3 rings (SSSR count). The van der Waals surface area contributed by atoms with Crippen molar-refractivity contribution in [3.05, 3.63) is 59.0 Å². The molecule has 1 unspecified atom stereocenters. The predicted octanol–water partition coefficient (Wildman–Crippen LogP) is 1.28. The zero-order chi connectivity index (χ0) is 17.1. The van der Waals surface area contributed by atoms with E-state index in [1.54, 1.807) is 29.2 Å². The van der Waals surface area contributed by atoms with Gasteiger partial charge in [-0.25, -0.2) is 9.67 Å². The molecule has 0 aliphatic rings. The number of nitrogens with one attached hydrogen (secondary N) is 1. The van der Waals surface area contributed by atoms with Crippen LogP contribution in [0.4, 0.5) is 0 Å². The molecular formula is C17H19N5O2. The number of benzene rings is 1. The maximum Gasteiger partial charge on any atom is 0.274 e. The Kier molecular flexibility index (Phi) is 4.41. The van der Waals surface area contributed by atoms with Gasteiger partial charge >= 0.3 is 0 Å². The van der Waals surface area contributed by atoms with Gasteiger partial charge in [-0.15, -0.1) is 0 Å². The molecule has 0 radical (unpaired) electrons. The molecule has 1 atom stereocenters. The Labute approximate surface area is 138 Å². The highest BCUT2D eigenvalue weighted by atomic mass is 16.2. The van der Waals surface area contributed by atoms with Gasteiger partial charge in [-0.1, -0.05) is 18.2 Å². The molecule has 7 heteroatoms. The number of hydrogen-bond donors (Lipinski definition) is 1. The van der Waals surface area contributed by atoms with Crippen LogP contribution in [0.25, 0.3) is 10.8 Å². The minimum Gasteiger partial charge on any atom is -0.352 e. The molecule has 2 heterocycles. The van der Waals surface area contributed by atoms with Gasteiger partial charge in [0.05, 0.1) is 18.1 Å². The maximum atomic E-state index is 12.3. The summed E-state index contributed by atoms with van der Waals surface area (Å²) < 4.78 is 3.17. The average molecular weight is 325 g/mol. The molecule has 0 saturated heterocycles. The van der Waals surface area contributed by atoms with Gasteiger partial charge in [-0.05, 0) is 19.9 Å². The third-order valence-electron chi connectivity index (χ3n) is 4.04. The number of nitrogens with zero attached hydrogens (tertiary/aromatic N) is 4. The Bertz CT molecular complexity index is 928. The number of carbonyl (C=O) groups excluding carboxylic acids is 1. The lowest BCUT2D eigenvalue weighted by Gasteiger charge is -2.15. The van der Waals surface area contributed by atoms with E-state index in [-0.39, 0.29) is 17.5 Å². The molecule has 0 saturated carbocycles. The van der Waals surface area contributed by atoms with Crippen LogP contribution >= 0.6 is 0 Å². The maximum absolute atomic E-state index is 12.3. The zero-order valence-corrected chi connectivity index (χ0v) is 13.6. The quantitative estimate of drug-likeness (QED) is 0.766. The normalized spacial score (nSPS) is 12.2. The van der Waals surface area contributed by atoms with E-state index in [0.717, 1.165) is 11.2 Å². The lowest BCUT2D eigenvalue weighted by atomic mass is 10.2. The second-order valence-corrected chi connectivity index (χ2v) is 5.61. The Hall–Kier alpha value is -2.96. The fraction of sp³-hybridized carbons (Fsp3) is 0.294. The first kappa shape index (κ1) is 15.9. The van der Waals surface area contributed by atoms with Crippen molar-refractivity contribution in [1.82, 2.24) is 24.6 Å². The zero-order valence-electron chi connectivity index (χ0n) is 13.6. The summed E-state index contributed by atoms with van der Waals surface area (Å²) in [5.41, 5.74) is -0.152. The van der Waals surface area contributed by atoms with Crippen LogP contribution in [0.5, 0.6) is 0 Å². The molecule has 1 amide bonds. The van der Waals surface area contributed by atoms with Gasteiger partial charge in [0.15, 0.2) is 0 Å². The van der Waals surface area contributed by atoms with Gasteiger partial charge < -0.3 is 9.88 Å². The molecule has 7 nitrogen and oxygen atoms in total. The largest absolute Gasteiger partial charge is 0.352 e. The van der Waals surface area contributed by atoms with Crippen molar-refractivity contribution in [3.63, 3.8) is 0 Å². The molecule has 0 bridgehead atoms. The molecule has 2 aromatic heterocycles. The minimum absolute atomic E-state index is 0.120. The first-order valence-electron chi connectivity index (χ1n) is 7.80. The van der Waals surface area contributed by atoms with Crippen LogP contribution < -0.4 is 10.9 Å². The number of fused-ring (bicyclic) bond motifs is 1. The Morgan fingerprint density at radius 1 is 1.33 bits per heavy atom. The highest BCUT2D eigenvalue weighted by Gasteiger charge is 2.15. The summed E-state index contributed by atoms with van der Waals surface area (Å²) in [6, 6.07) is 6.97. The molecule has 24 heavy (non-hydrogen) atoms. The lowest BCUT2D eigenvalue weighted by molar-refractivity contribution is -0.123. The van der Waals surface area contributed by atoms with Crippen LogP contribution in [-0.4, -0.2) is 31.8 Å². The monoisotopic (exact) mass is 325 g/mol. The minimum atomic E-state index is -0.353. The molecule has 124 valence electrons. The number of rotatable bonds is 5. The van der Waals surface area contributed by atoms with Crippen molar-refractivity contribution in [3.8, 4) is 0 Å². The van der Waals surface area contributed by atoms with Crippen molar-refractivity contribution in [1.29, 1.82) is 0 Å². The van der Waals surface area contributed by atoms with Crippen LogP contribution in [0.2, 0.25) is 0 Å². The van der Waals surface area contributed by atoms with E-state index >= 15 is 0 Å². The van der Waals surface area contributed by atoms with E-state index in [1.165, 1.54) is 4.68 Å². The highest BCUT2D eigenvalue weighted by molar-refractivity contribution is 5.80. The number of hydrogen-bond acceptors (Lipinski definition) is 4. The van der Waals surface area contributed by atoms with Gasteiger partial charge in [0.1, 0.15) is 11.9 Å². The van der Waals surface area contributed by atoms with Crippen molar-refractivity contribution < 1.29 is 4.79 Å². The van der Waals surface area contributed by atoms with E-state index in [9.17, 15) is 9.59 Å². The predicted molar refractivity (Wildman–Crippen MR) is 90.7 cm³/mol. The highest BCUT2D eigenvalue weighted by Crippen LogP contribution is 2.08. The SMILES string of the molecule is Cc1nccn1C(C)C(=O)NCCn1ncc2ccccc2c1=O. The van der Waals surface area contributed by atoms with Crippen molar-refractivity contribution in [2.45, 2.75) is 26.4 Å². The Morgan fingerprint density at radius 3 is 2.88 bits per heavy atom. The second-order valence-electron chi connectivity index (χ2n) is 5.61. The van der Waals surface area contributed by atoms with Crippen LogP contribution in [0.3, 0.4) is 0 Å². The number of aromatic nitrogens is 4. The van der Waals surface area contributed by atoms with Crippen molar-refractivity contribution in [2.75, 3.05) is 6.54 Å². The summed E-state index contributed by atoms with van der Waals surface area (Å²) in [4.78, 5) is 28.7. The van der Waals surface area contributed by atoms with Crippen LogP contribution in [0.1, 0.15) is 18.8 Å². The van der Waals surface area contributed by atoms with Gasteiger partial charge in [0.25, 0.3) is 5.56 Å².